The first-order valence-corrected chi connectivity index (χ1v) is 8.36. The number of nitrogens with zero attached hydrogens (tertiary/aromatic N) is 7. The number of hydrogen-bond donors (Lipinski definition) is 0. The highest BCUT2D eigenvalue weighted by Gasteiger charge is 2.26. The highest BCUT2D eigenvalue weighted by atomic mass is 16.5. The molecule has 0 bridgehead atoms. The summed E-state index contributed by atoms with van der Waals surface area (Å²) < 4.78 is 6.93. The van der Waals surface area contributed by atoms with Gasteiger partial charge in [-0.15, -0.1) is 5.10 Å². The molecule has 0 aliphatic carbocycles. The van der Waals surface area contributed by atoms with Crippen molar-refractivity contribution in [1.82, 2.24) is 29.9 Å². The van der Waals surface area contributed by atoms with Gasteiger partial charge in [0, 0.05) is 33.2 Å². The molecule has 3 heterocycles. The Bertz CT molecular complexity index is 947. The third kappa shape index (κ3) is 2.71. The van der Waals surface area contributed by atoms with Crippen LogP contribution in [0.5, 0.6) is 5.75 Å². The minimum atomic E-state index is -0.0190. The van der Waals surface area contributed by atoms with Gasteiger partial charge in [-0.2, -0.15) is 0 Å². The average molecular weight is 353 g/mol. The molecule has 0 N–H and O–H groups in total. The molecule has 2 aromatic heterocycles. The van der Waals surface area contributed by atoms with Crippen LogP contribution >= 0.6 is 0 Å². The summed E-state index contributed by atoms with van der Waals surface area (Å²) in [5.41, 5.74) is 1.96. The highest BCUT2D eigenvalue weighted by Crippen LogP contribution is 2.23. The van der Waals surface area contributed by atoms with Gasteiger partial charge in [-0.05, 0) is 12.1 Å². The fourth-order valence-electron chi connectivity index (χ4n) is 3.19. The molecule has 1 aliphatic rings. The largest absolute Gasteiger partial charge is 0.496 e. The maximum Gasteiger partial charge on any atom is 0.257 e. The Balaban J connectivity index is 1.51. The zero-order valence-corrected chi connectivity index (χ0v) is 14.7. The molecule has 4 rings (SSSR count). The van der Waals surface area contributed by atoms with E-state index in [0.29, 0.717) is 48.7 Å². The molecular formula is C17H19N7O2. The van der Waals surface area contributed by atoms with Crippen LogP contribution in [-0.4, -0.2) is 69.1 Å². The summed E-state index contributed by atoms with van der Waals surface area (Å²) in [7, 11) is 3.38. The number of para-hydroxylation sites is 1. The second-order valence-electron chi connectivity index (χ2n) is 6.06. The van der Waals surface area contributed by atoms with Gasteiger partial charge in [0.25, 0.3) is 5.91 Å². The summed E-state index contributed by atoms with van der Waals surface area (Å²) in [6, 6.07) is 7.29. The molecule has 1 aromatic carbocycles. The van der Waals surface area contributed by atoms with Crippen molar-refractivity contribution < 1.29 is 9.53 Å². The van der Waals surface area contributed by atoms with Crippen LogP contribution in [0, 0.1) is 0 Å². The van der Waals surface area contributed by atoms with Crippen molar-refractivity contribution in [3.63, 3.8) is 0 Å². The quantitative estimate of drug-likeness (QED) is 0.686. The van der Waals surface area contributed by atoms with Gasteiger partial charge in [0.2, 0.25) is 0 Å². The standard InChI is InChI=1S/C17H19N7O2/c1-22-15-14(20-21-22)16(19-11-18-15)23-7-9-24(10-8-23)17(25)12-5-3-4-6-13(12)26-2/h3-6,11H,7-10H2,1-2H3. The average Bonchev–Trinajstić information content (AvgIpc) is 3.09. The number of fused-ring (bicyclic) bond motifs is 1. The summed E-state index contributed by atoms with van der Waals surface area (Å²) in [6.07, 6.45) is 1.52. The van der Waals surface area contributed by atoms with Crippen molar-refractivity contribution >= 4 is 22.9 Å². The number of hydrogen-bond acceptors (Lipinski definition) is 7. The number of aryl methyl sites for hydroxylation is 1. The van der Waals surface area contributed by atoms with Gasteiger partial charge in [0.05, 0.1) is 12.7 Å². The Kier molecular flexibility index (Phi) is 4.11. The van der Waals surface area contributed by atoms with Crippen LogP contribution in [0.25, 0.3) is 11.2 Å². The number of anilines is 1. The summed E-state index contributed by atoms with van der Waals surface area (Å²) in [6.45, 7) is 2.54. The molecule has 9 nitrogen and oxygen atoms in total. The minimum Gasteiger partial charge on any atom is -0.496 e. The number of carbonyl (C=O) groups is 1. The summed E-state index contributed by atoms with van der Waals surface area (Å²) >= 11 is 0. The Hall–Kier alpha value is -3.23. The smallest absolute Gasteiger partial charge is 0.257 e. The molecule has 3 aromatic rings. The van der Waals surface area contributed by atoms with E-state index in [0.717, 1.165) is 5.82 Å². The van der Waals surface area contributed by atoms with Crippen LogP contribution < -0.4 is 9.64 Å². The van der Waals surface area contributed by atoms with E-state index in [1.807, 2.05) is 17.0 Å². The van der Waals surface area contributed by atoms with Crippen LogP contribution in [-0.2, 0) is 7.05 Å². The fourth-order valence-corrected chi connectivity index (χ4v) is 3.19. The predicted molar refractivity (Wildman–Crippen MR) is 95.2 cm³/mol. The van der Waals surface area contributed by atoms with Crippen LogP contribution in [0.15, 0.2) is 30.6 Å². The van der Waals surface area contributed by atoms with Gasteiger partial charge in [-0.3, -0.25) is 4.79 Å². The van der Waals surface area contributed by atoms with E-state index in [1.165, 1.54) is 6.33 Å². The Morgan fingerprint density at radius 3 is 2.65 bits per heavy atom. The third-order valence-electron chi connectivity index (χ3n) is 4.57. The number of carbonyl (C=O) groups excluding carboxylic acids is 1. The summed E-state index contributed by atoms with van der Waals surface area (Å²) in [5.74, 6) is 1.33. The summed E-state index contributed by atoms with van der Waals surface area (Å²) in [5, 5.41) is 8.18. The van der Waals surface area contributed by atoms with Crippen molar-refractivity contribution in [2.24, 2.45) is 7.05 Å². The maximum absolute atomic E-state index is 12.8. The molecule has 1 saturated heterocycles. The fraction of sp³-hybridized carbons (Fsp3) is 0.353. The number of amides is 1. The first kappa shape index (κ1) is 16.2. The first-order chi connectivity index (χ1) is 12.7. The van der Waals surface area contributed by atoms with E-state index in [2.05, 4.69) is 25.2 Å². The topological polar surface area (TPSA) is 89.3 Å². The van der Waals surface area contributed by atoms with Crippen molar-refractivity contribution in [3.8, 4) is 5.75 Å². The molecule has 1 fully saturated rings. The van der Waals surface area contributed by atoms with Crippen molar-refractivity contribution in [1.29, 1.82) is 0 Å². The van der Waals surface area contributed by atoms with Crippen molar-refractivity contribution in [2.75, 3.05) is 38.2 Å². The van der Waals surface area contributed by atoms with Crippen LogP contribution in [0.1, 0.15) is 10.4 Å². The Labute approximate surface area is 150 Å². The van der Waals surface area contributed by atoms with E-state index >= 15 is 0 Å². The van der Waals surface area contributed by atoms with Gasteiger partial charge >= 0.3 is 0 Å². The number of aromatic nitrogens is 5. The lowest BCUT2D eigenvalue weighted by Gasteiger charge is -2.35. The lowest BCUT2D eigenvalue weighted by Crippen LogP contribution is -2.49. The number of ether oxygens (including phenoxy) is 1. The molecule has 26 heavy (non-hydrogen) atoms. The van der Waals surface area contributed by atoms with E-state index < -0.39 is 0 Å². The number of benzene rings is 1. The van der Waals surface area contributed by atoms with E-state index in [1.54, 1.807) is 31.0 Å². The normalized spacial score (nSPS) is 14.7. The number of rotatable bonds is 3. The highest BCUT2D eigenvalue weighted by molar-refractivity contribution is 5.97. The van der Waals surface area contributed by atoms with Gasteiger partial charge in [-0.1, -0.05) is 17.3 Å². The van der Waals surface area contributed by atoms with Gasteiger partial charge in [0.15, 0.2) is 17.0 Å². The molecule has 0 atom stereocenters. The summed E-state index contributed by atoms with van der Waals surface area (Å²) in [4.78, 5) is 25.4. The van der Waals surface area contributed by atoms with Crippen LogP contribution in [0.2, 0.25) is 0 Å². The molecule has 1 aliphatic heterocycles. The molecule has 0 saturated carbocycles. The Morgan fingerprint density at radius 1 is 1.12 bits per heavy atom. The van der Waals surface area contributed by atoms with E-state index in [4.69, 9.17) is 4.74 Å². The zero-order chi connectivity index (χ0) is 18.1. The van der Waals surface area contributed by atoms with E-state index in [-0.39, 0.29) is 5.91 Å². The lowest BCUT2D eigenvalue weighted by molar-refractivity contribution is 0.0743. The third-order valence-corrected chi connectivity index (χ3v) is 4.57. The molecule has 9 heteroatoms. The second-order valence-corrected chi connectivity index (χ2v) is 6.06. The minimum absolute atomic E-state index is 0.0190. The van der Waals surface area contributed by atoms with Gasteiger partial charge in [0.1, 0.15) is 12.1 Å². The van der Waals surface area contributed by atoms with Gasteiger partial charge < -0.3 is 14.5 Å². The van der Waals surface area contributed by atoms with Gasteiger partial charge in [-0.25, -0.2) is 14.6 Å². The molecule has 0 unspecified atom stereocenters. The molecule has 134 valence electrons. The monoisotopic (exact) mass is 353 g/mol. The van der Waals surface area contributed by atoms with Crippen LogP contribution in [0.4, 0.5) is 5.82 Å². The predicted octanol–water partition coefficient (Wildman–Crippen LogP) is 0.729. The second kappa shape index (κ2) is 6.58. The SMILES string of the molecule is COc1ccccc1C(=O)N1CCN(c2ncnc3c2nnn3C)CC1. The lowest BCUT2D eigenvalue weighted by atomic mass is 10.1. The molecule has 0 radical (unpaired) electrons. The molecule has 0 spiro atoms. The zero-order valence-electron chi connectivity index (χ0n) is 14.7. The van der Waals surface area contributed by atoms with Crippen LogP contribution in [0.3, 0.4) is 0 Å². The number of piperazine rings is 1. The first-order valence-electron chi connectivity index (χ1n) is 8.36. The number of methoxy groups -OCH3 is 1. The maximum atomic E-state index is 12.8. The Morgan fingerprint density at radius 2 is 1.88 bits per heavy atom. The molecular weight excluding hydrogens is 334 g/mol. The van der Waals surface area contributed by atoms with Crippen molar-refractivity contribution in [2.45, 2.75) is 0 Å². The van der Waals surface area contributed by atoms with E-state index in [9.17, 15) is 4.79 Å². The molecule has 1 amide bonds. The van der Waals surface area contributed by atoms with Crippen molar-refractivity contribution in [3.05, 3.63) is 36.2 Å².